The van der Waals surface area contributed by atoms with Crippen molar-refractivity contribution in [3.05, 3.63) is 80.4 Å². The van der Waals surface area contributed by atoms with Gasteiger partial charge in [-0.1, -0.05) is 23.7 Å². The molecule has 0 fully saturated rings. The Hall–Kier alpha value is -2.70. The summed E-state index contributed by atoms with van der Waals surface area (Å²) >= 11 is 5.97. The van der Waals surface area contributed by atoms with E-state index in [0.29, 0.717) is 17.2 Å². The van der Waals surface area contributed by atoms with Crippen molar-refractivity contribution in [2.75, 3.05) is 20.3 Å². The lowest BCUT2D eigenvalue weighted by Gasteiger charge is -2.24. The molecule has 1 aromatic heterocycles. The molecule has 3 aromatic rings. The van der Waals surface area contributed by atoms with Crippen LogP contribution >= 0.6 is 11.6 Å². The number of rotatable bonds is 4. The van der Waals surface area contributed by atoms with Gasteiger partial charge in [-0.05, 0) is 35.9 Å². The SMILES string of the molecule is COCCN1C(=O)c2oc3ccc(F)cc3c(=O)c2C1c1ccc(Cl)cc1. The monoisotopic (exact) mass is 387 g/mol. The van der Waals surface area contributed by atoms with Crippen molar-refractivity contribution in [1.29, 1.82) is 0 Å². The van der Waals surface area contributed by atoms with Gasteiger partial charge >= 0.3 is 0 Å². The predicted octanol–water partition coefficient (Wildman–Crippen LogP) is 3.78. The molecule has 4 rings (SSSR count). The van der Waals surface area contributed by atoms with Crippen LogP contribution in [0.25, 0.3) is 11.0 Å². The van der Waals surface area contributed by atoms with Gasteiger partial charge in [-0.3, -0.25) is 9.59 Å². The lowest BCUT2D eigenvalue weighted by molar-refractivity contribution is 0.0663. The Balaban J connectivity index is 1.97. The molecule has 0 saturated heterocycles. The highest BCUT2D eigenvalue weighted by Gasteiger charge is 2.42. The Labute approximate surface area is 158 Å². The standard InChI is InChI=1S/C20H15ClFNO4/c1-26-9-8-23-17(11-2-4-12(21)5-3-11)16-18(24)14-10-13(22)6-7-15(14)27-19(16)20(23)25/h2-7,10,17H,8-9H2,1H3. The van der Waals surface area contributed by atoms with E-state index < -0.39 is 23.2 Å². The molecule has 2 aromatic carbocycles. The zero-order valence-electron chi connectivity index (χ0n) is 14.4. The van der Waals surface area contributed by atoms with Gasteiger partial charge in [-0.15, -0.1) is 0 Å². The summed E-state index contributed by atoms with van der Waals surface area (Å²) in [7, 11) is 1.53. The molecule has 0 spiro atoms. The summed E-state index contributed by atoms with van der Waals surface area (Å²) in [5.74, 6) is -0.959. The third-order valence-electron chi connectivity index (χ3n) is 4.65. The second-order valence-electron chi connectivity index (χ2n) is 6.26. The first kappa shape index (κ1) is 17.7. The lowest BCUT2D eigenvalue weighted by atomic mass is 9.98. The maximum absolute atomic E-state index is 13.7. The second kappa shape index (κ2) is 6.79. The summed E-state index contributed by atoms with van der Waals surface area (Å²) in [5.41, 5.74) is 0.679. The molecule has 0 aliphatic carbocycles. The summed E-state index contributed by atoms with van der Waals surface area (Å²) in [6, 6.07) is 9.92. The number of ether oxygens (including phenoxy) is 1. The molecule has 1 unspecified atom stereocenters. The van der Waals surface area contributed by atoms with Gasteiger partial charge < -0.3 is 14.1 Å². The molecule has 1 aliphatic heterocycles. The van der Waals surface area contributed by atoms with Crippen molar-refractivity contribution in [3.8, 4) is 0 Å². The van der Waals surface area contributed by atoms with Crippen LogP contribution in [0.5, 0.6) is 0 Å². The average Bonchev–Trinajstić information content (AvgIpc) is 2.94. The molecule has 7 heteroatoms. The molecule has 1 aliphatic rings. The normalized spacial score (nSPS) is 16.2. The lowest BCUT2D eigenvalue weighted by Crippen LogP contribution is -2.32. The Morgan fingerprint density at radius 3 is 2.63 bits per heavy atom. The fourth-order valence-electron chi connectivity index (χ4n) is 3.40. The van der Waals surface area contributed by atoms with Crippen LogP contribution in [-0.2, 0) is 4.74 Å². The molecule has 2 heterocycles. The highest BCUT2D eigenvalue weighted by molar-refractivity contribution is 6.30. The summed E-state index contributed by atoms with van der Waals surface area (Å²) in [4.78, 5) is 27.6. The van der Waals surface area contributed by atoms with E-state index in [4.69, 9.17) is 20.8 Å². The van der Waals surface area contributed by atoms with Crippen molar-refractivity contribution >= 4 is 28.5 Å². The van der Waals surface area contributed by atoms with E-state index in [-0.39, 0.29) is 28.8 Å². The number of nitrogens with zero attached hydrogens (tertiary/aromatic N) is 1. The fraction of sp³-hybridized carbons (Fsp3) is 0.200. The molecule has 27 heavy (non-hydrogen) atoms. The topological polar surface area (TPSA) is 59.8 Å². The number of amides is 1. The Morgan fingerprint density at radius 2 is 1.93 bits per heavy atom. The summed E-state index contributed by atoms with van der Waals surface area (Å²) in [5, 5.41) is 0.647. The summed E-state index contributed by atoms with van der Waals surface area (Å²) < 4.78 is 24.5. The van der Waals surface area contributed by atoms with Gasteiger partial charge in [0.15, 0.2) is 5.43 Å². The zero-order chi connectivity index (χ0) is 19.1. The van der Waals surface area contributed by atoms with Gasteiger partial charge in [0.1, 0.15) is 11.4 Å². The molecule has 0 N–H and O–H groups in total. The van der Waals surface area contributed by atoms with E-state index in [1.165, 1.54) is 24.1 Å². The minimum absolute atomic E-state index is 0.0184. The van der Waals surface area contributed by atoms with E-state index in [0.717, 1.165) is 6.07 Å². The van der Waals surface area contributed by atoms with Gasteiger partial charge in [0.05, 0.1) is 23.6 Å². The minimum atomic E-state index is -0.649. The number of methoxy groups -OCH3 is 1. The van der Waals surface area contributed by atoms with Gasteiger partial charge in [0.25, 0.3) is 5.91 Å². The van der Waals surface area contributed by atoms with Gasteiger partial charge in [0, 0.05) is 18.7 Å². The quantitative estimate of drug-likeness (QED) is 0.683. The van der Waals surface area contributed by atoms with E-state index in [2.05, 4.69) is 0 Å². The molecule has 0 saturated carbocycles. The van der Waals surface area contributed by atoms with Crippen LogP contribution in [0.3, 0.4) is 0 Å². The summed E-state index contributed by atoms with van der Waals surface area (Å²) in [6.45, 7) is 0.573. The number of carbonyl (C=O) groups excluding carboxylic acids is 1. The number of halogens is 2. The van der Waals surface area contributed by atoms with Crippen LogP contribution in [0.1, 0.15) is 27.7 Å². The molecule has 0 bridgehead atoms. The number of fused-ring (bicyclic) bond motifs is 2. The predicted molar refractivity (Wildman–Crippen MR) is 98.6 cm³/mol. The number of carbonyl (C=O) groups is 1. The molecule has 1 amide bonds. The van der Waals surface area contributed by atoms with E-state index in [1.807, 2.05) is 0 Å². The van der Waals surface area contributed by atoms with Gasteiger partial charge in [-0.2, -0.15) is 0 Å². The average molecular weight is 388 g/mol. The fourth-order valence-corrected chi connectivity index (χ4v) is 3.53. The first-order valence-electron chi connectivity index (χ1n) is 8.33. The molecule has 1 atom stereocenters. The second-order valence-corrected chi connectivity index (χ2v) is 6.70. The molecule has 5 nitrogen and oxygen atoms in total. The van der Waals surface area contributed by atoms with E-state index in [1.54, 1.807) is 24.3 Å². The zero-order valence-corrected chi connectivity index (χ0v) is 15.1. The van der Waals surface area contributed by atoms with Crippen LogP contribution in [0.2, 0.25) is 5.02 Å². The van der Waals surface area contributed by atoms with Crippen molar-refractivity contribution in [3.63, 3.8) is 0 Å². The van der Waals surface area contributed by atoms with E-state index in [9.17, 15) is 14.0 Å². The molecular formula is C20H15ClFNO4. The minimum Gasteiger partial charge on any atom is -0.450 e. The summed E-state index contributed by atoms with van der Waals surface area (Å²) in [6.07, 6.45) is 0. The van der Waals surface area contributed by atoms with E-state index >= 15 is 0 Å². The van der Waals surface area contributed by atoms with Crippen LogP contribution in [0, 0.1) is 5.82 Å². The van der Waals surface area contributed by atoms with Crippen molar-refractivity contribution in [2.45, 2.75) is 6.04 Å². The molecular weight excluding hydrogens is 373 g/mol. The van der Waals surface area contributed by atoms with Crippen LogP contribution in [-0.4, -0.2) is 31.1 Å². The van der Waals surface area contributed by atoms with Crippen LogP contribution < -0.4 is 5.43 Å². The largest absolute Gasteiger partial charge is 0.450 e. The van der Waals surface area contributed by atoms with Gasteiger partial charge in [-0.25, -0.2) is 4.39 Å². The maximum Gasteiger partial charge on any atom is 0.290 e. The first-order valence-corrected chi connectivity index (χ1v) is 8.70. The van der Waals surface area contributed by atoms with Crippen molar-refractivity contribution in [2.24, 2.45) is 0 Å². The molecule has 0 radical (unpaired) electrons. The van der Waals surface area contributed by atoms with Crippen molar-refractivity contribution < 1.29 is 18.3 Å². The van der Waals surface area contributed by atoms with Crippen molar-refractivity contribution in [1.82, 2.24) is 4.90 Å². The first-order chi connectivity index (χ1) is 13.0. The number of benzene rings is 2. The maximum atomic E-state index is 13.7. The number of hydrogen-bond acceptors (Lipinski definition) is 4. The van der Waals surface area contributed by atoms with Crippen LogP contribution in [0.4, 0.5) is 4.39 Å². The third-order valence-corrected chi connectivity index (χ3v) is 4.90. The third kappa shape index (κ3) is 2.91. The van der Waals surface area contributed by atoms with Gasteiger partial charge in [0.2, 0.25) is 5.76 Å². The number of hydrogen-bond donors (Lipinski definition) is 0. The highest BCUT2D eigenvalue weighted by Crippen LogP contribution is 2.38. The van der Waals surface area contributed by atoms with Crippen LogP contribution in [0.15, 0.2) is 51.7 Å². The smallest absolute Gasteiger partial charge is 0.290 e. The Morgan fingerprint density at radius 1 is 1.19 bits per heavy atom. The highest BCUT2D eigenvalue weighted by atomic mass is 35.5. The Kier molecular flexibility index (Phi) is 4.45. The Bertz CT molecular complexity index is 1090. The molecule has 138 valence electrons.